The molecule has 2 aliphatic rings. The fourth-order valence-corrected chi connectivity index (χ4v) is 39.4. The molecule has 43 heavy (non-hydrogen) atoms. The van der Waals surface area contributed by atoms with E-state index in [0.717, 1.165) is 0 Å². The van der Waals surface area contributed by atoms with E-state index >= 15 is 0 Å². The molecular formula is C39H34Cl2GeZr. The maximum absolute atomic E-state index is 2.68. The van der Waals surface area contributed by atoms with Crippen LogP contribution in [0.2, 0.25) is 11.5 Å². The van der Waals surface area contributed by atoms with Gasteiger partial charge in [-0.2, -0.15) is 0 Å². The maximum atomic E-state index is 2.68. The molecule has 0 spiro atoms. The van der Waals surface area contributed by atoms with E-state index in [1.165, 1.54) is 38.9 Å². The maximum Gasteiger partial charge on any atom is -1.00 e. The molecule has 0 fully saturated rings. The fraction of sp³-hybridized carbons (Fsp3) is 0.128. The molecule has 0 saturated heterocycles. The first-order valence-electron chi connectivity index (χ1n) is 14.6. The van der Waals surface area contributed by atoms with Gasteiger partial charge in [-0.1, -0.05) is 0 Å². The second-order valence-electron chi connectivity index (χ2n) is 11.5. The summed E-state index contributed by atoms with van der Waals surface area (Å²) in [6.45, 7) is 2.43. The van der Waals surface area contributed by atoms with Crippen LogP contribution in [0.1, 0.15) is 42.0 Å². The molecule has 0 radical (unpaired) electrons. The van der Waals surface area contributed by atoms with Crippen LogP contribution in [0.15, 0.2) is 133 Å². The molecule has 2 unspecified atom stereocenters. The summed E-state index contributed by atoms with van der Waals surface area (Å²) in [7, 11) is -1.30. The van der Waals surface area contributed by atoms with Gasteiger partial charge in [-0.25, -0.2) is 0 Å². The van der Waals surface area contributed by atoms with Crippen LogP contribution >= 0.6 is 0 Å². The third kappa shape index (κ3) is 5.87. The molecule has 0 amide bonds. The van der Waals surface area contributed by atoms with Gasteiger partial charge in [0.05, 0.1) is 0 Å². The number of hydrogen-bond acceptors (Lipinski definition) is 0. The first kappa shape index (κ1) is 32.0. The van der Waals surface area contributed by atoms with Crippen LogP contribution in [0.5, 0.6) is 0 Å². The van der Waals surface area contributed by atoms with Crippen LogP contribution in [0.4, 0.5) is 0 Å². The number of benzene rings is 5. The Morgan fingerprint density at radius 2 is 0.930 bits per heavy atom. The zero-order valence-electron chi connectivity index (χ0n) is 24.7. The van der Waals surface area contributed by atoms with Gasteiger partial charge in [0.2, 0.25) is 0 Å². The quantitative estimate of drug-likeness (QED) is 0.231. The summed E-state index contributed by atoms with van der Waals surface area (Å²) in [4.78, 5) is 0. The normalized spacial score (nSPS) is 16.0. The van der Waals surface area contributed by atoms with Crippen molar-refractivity contribution in [1.29, 1.82) is 0 Å². The van der Waals surface area contributed by atoms with Crippen molar-refractivity contribution in [3.05, 3.63) is 161 Å². The van der Waals surface area contributed by atoms with E-state index in [-0.39, 0.29) is 24.8 Å². The van der Waals surface area contributed by atoms with E-state index < -0.39 is 28.6 Å². The minimum absolute atomic E-state index is 0. The van der Waals surface area contributed by atoms with Gasteiger partial charge in [-0.3, -0.25) is 0 Å². The largest absolute Gasteiger partial charge is 1.00 e. The van der Waals surface area contributed by atoms with Crippen molar-refractivity contribution < 1.29 is 43.4 Å². The molecule has 0 nitrogen and oxygen atoms in total. The van der Waals surface area contributed by atoms with E-state index in [1.807, 2.05) is 0 Å². The molecule has 0 heterocycles. The summed E-state index contributed by atoms with van der Waals surface area (Å²) in [5.41, 5.74) is 16.1. The third-order valence-electron chi connectivity index (χ3n) is 8.82. The smallest absolute Gasteiger partial charge is 1.00 e. The van der Waals surface area contributed by atoms with Gasteiger partial charge in [0, 0.05) is 0 Å². The molecule has 0 saturated carbocycles. The number of hydrogen-bond donors (Lipinski definition) is 0. The van der Waals surface area contributed by atoms with E-state index in [1.54, 1.807) is 22.3 Å². The molecule has 7 rings (SSSR count). The molecule has 2 atom stereocenters. The predicted octanol–water partition coefficient (Wildman–Crippen LogP) is 4.65. The Morgan fingerprint density at radius 3 is 1.42 bits per heavy atom. The van der Waals surface area contributed by atoms with Crippen molar-refractivity contribution in [3.8, 4) is 22.3 Å². The molecule has 0 aliphatic heterocycles. The van der Waals surface area contributed by atoms with Gasteiger partial charge in [-0.15, -0.1) is 0 Å². The van der Waals surface area contributed by atoms with Crippen molar-refractivity contribution in [3.63, 3.8) is 0 Å². The van der Waals surface area contributed by atoms with Crippen molar-refractivity contribution in [2.24, 2.45) is 0 Å². The number of rotatable bonds is 5. The van der Waals surface area contributed by atoms with Gasteiger partial charge in [0.1, 0.15) is 0 Å². The van der Waals surface area contributed by atoms with Crippen LogP contribution in [-0.4, -0.2) is 9.98 Å². The Morgan fingerprint density at radius 1 is 0.488 bits per heavy atom. The van der Waals surface area contributed by atoms with Gasteiger partial charge < -0.3 is 24.8 Å². The Balaban J connectivity index is 0.00000184. The van der Waals surface area contributed by atoms with E-state index in [2.05, 4.69) is 158 Å². The number of allylic oxidation sites excluding steroid dienone is 2. The zero-order chi connectivity index (χ0) is 27.9. The van der Waals surface area contributed by atoms with E-state index in [9.17, 15) is 0 Å². The molecule has 4 heteroatoms. The number of halogens is 2. The Kier molecular flexibility index (Phi) is 10.2. The second kappa shape index (κ2) is 13.7. The van der Waals surface area contributed by atoms with Crippen LogP contribution in [-0.2, 0) is 18.6 Å². The van der Waals surface area contributed by atoms with Crippen molar-refractivity contribution >= 4 is 27.7 Å². The minimum Gasteiger partial charge on any atom is -1.00 e. The van der Waals surface area contributed by atoms with E-state index in [0.29, 0.717) is 7.25 Å². The average molecular weight is 737 g/mol. The summed E-state index contributed by atoms with van der Waals surface area (Å²) in [5.74, 6) is 5.37. The molecule has 5 aromatic rings. The molecule has 5 aromatic carbocycles. The second-order valence-corrected chi connectivity index (χ2v) is 40.7. The van der Waals surface area contributed by atoms with Gasteiger partial charge >= 0.3 is 255 Å². The standard InChI is InChI=1S/C21H15.C16H13.C2H6Ge.2ClH.Zr/c1-3-8-16(9-4-1)19-14-18-12-7-13-20(21(18)15-19)17-10-5-2-6-11-17;1-12-10-14-8-5-9-15(16(14)11-12)13-6-3-2-4-7-13;1-3-2;;;/h1-15H;2-11H,1H3;1-2H3;2*1H;/q;;;;;+2/p-2. The van der Waals surface area contributed by atoms with Crippen molar-refractivity contribution in [1.82, 2.24) is 0 Å². The van der Waals surface area contributed by atoms with Crippen molar-refractivity contribution in [2.45, 2.75) is 25.7 Å². The fourth-order valence-electron chi connectivity index (χ4n) is 7.07. The Bertz CT molecular complexity index is 1850. The average Bonchev–Trinajstić information content (AvgIpc) is 3.56. The number of fused-ring (bicyclic) bond motifs is 2. The molecule has 0 N–H and O–H groups in total. The van der Waals surface area contributed by atoms with Gasteiger partial charge in [-0.05, 0) is 0 Å². The summed E-state index contributed by atoms with van der Waals surface area (Å²) in [6.07, 6.45) is 5.13. The Hall–Kier alpha value is -2.41. The molecule has 212 valence electrons. The first-order chi connectivity index (χ1) is 20.1. The summed E-state index contributed by atoms with van der Waals surface area (Å²) in [6, 6.07) is 47.5. The summed E-state index contributed by atoms with van der Waals surface area (Å²) >= 11 is -2.18. The minimum atomic E-state index is -2.18. The third-order valence-corrected chi connectivity index (χ3v) is 39.6. The zero-order valence-corrected chi connectivity index (χ0v) is 30.8. The molecule has 0 bridgehead atoms. The van der Waals surface area contributed by atoms with Crippen LogP contribution < -0.4 is 24.8 Å². The van der Waals surface area contributed by atoms with Crippen LogP contribution in [0, 0.1) is 0 Å². The Labute approximate surface area is 277 Å². The first-order valence-corrected chi connectivity index (χ1v) is 29.1. The van der Waals surface area contributed by atoms with Gasteiger partial charge in [0.15, 0.2) is 0 Å². The van der Waals surface area contributed by atoms with Crippen LogP contribution in [0.25, 0.3) is 40.0 Å². The topological polar surface area (TPSA) is 0 Å². The van der Waals surface area contributed by atoms with Crippen molar-refractivity contribution in [2.75, 3.05) is 0 Å². The monoisotopic (exact) mass is 736 g/mol. The molecular weight excluding hydrogens is 703 g/mol. The predicted molar refractivity (Wildman–Crippen MR) is 175 cm³/mol. The summed E-state index contributed by atoms with van der Waals surface area (Å²) < 4.78 is 1.20. The SMILES string of the molecule is CC1=Cc2c(-c3ccccc3)cccc2[CH]1[Zr+2]([CH]1C(c2ccccc2)=Cc2c(-c3ccccc3)cccc21)=[Ge]([CH3])[CH3].[Cl-].[Cl-]. The van der Waals surface area contributed by atoms with Crippen LogP contribution in [0.3, 0.4) is 0 Å². The van der Waals surface area contributed by atoms with Gasteiger partial charge in [0.25, 0.3) is 0 Å². The van der Waals surface area contributed by atoms with E-state index in [4.69, 9.17) is 0 Å². The summed E-state index contributed by atoms with van der Waals surface area (Å²) in [5, 5.41) is 0. The molecule has 2 aliphatic carbocycles. The molecule has 0 aromatic heterocycles.